The summed E-state index contributed by atoms with van der Waals surface area (Å²) < 4.78 is 1.38. The fourth-order valence-corrected chi connectivity index (χ4v) is 1.84. The first kappa shape index (κ1) is 14.2. The number of rotatable bonds is 3. The van der Waals surface area contributed by atoms with Gasteiger partial charge in [0.1, 0.15) is 5.69 Å². The lowest BCUT2D eigenvalue weighted by molar-refractivity contribution is 0.102. The van der Waals surface area contributed by atoms with Crippen molar-refractivity contribution in [1.82, 2.24) is 19.7 Å². The van der Waals surface area contributed by atoms with E-state index in [4.69, 9.17) is 5.26 Å². The van der Waals surface area contributed by atoms with E-state index in [1.807, 2.05) is 6.07 Å². The van der Waals surface area contributed by atoms with E-state index in [9.17, 15) is 9.90 Å². The van der Waals surface area contributed by atoms with E-state index in [1.165, 1.54) is 35.1 Å². The van der Waals surface area contributed by atoms with Crippen LogP contribution in [0.1, 0.15) is 15.9 Å². The van der Waals surface area contributed by atoms with Crippen LogP contribution in [-0.2, 0) is 0 Å². The Morgan fingerprint density at radius 3 is 2.70 bits per heavy atom. The zero-order chi connectivity index (χ0) is 16.2. The normalized spacial score (nSPS) is 10.0. The van der Waals surface area contributed by atoms with Gasteiger partial charge < -0.3 is 10.4 Å². The summed E-state index contributed by atoms with van der Waals surface area (Å²) in [6.45, 7) is 0. The van der Waals surface area contributed by atoms with Crippen LogP contribution >= 0.6 is 0 Å². The van der Waals surface area contributed by atoms with Crippen LogP contribution in [0, 0.1) is 11.3 Å². The summed E-state index contributed by atoms with van der Waals surface area (Å²) in [7, 11) is 0. The number of nitrogens with zero attached hydrogens (tertiary/aromatic N) is 5. The topological polar surface area (TPSA) is 117 Å². The molecule has 8 nitrogen and oxygen atoms in total. The first-order valence-electron chi connectivity index (χ1n) is 6.55. The van der Waals surface area contributed by atoms with Gasteiger partial charge in [0, 0.05) is 18.0 Å². The molecule has 0 aliphatic rings. The molecule has 0 bridgehead atoms. The molecule has 112 valence electrons. The second kappa shape index (κ2) is 5.95. The third-order valence-corrected chi connectivity index (χ3v) is 2.99. The summed E-state index contributed by atoms with van der Waals surface area (Å²) in [5, 5.41) is 25.1. The molecule has 3 aromatic rings. The first-order valence-corrected chi connectivity index (χ1v) is 6.55. The lowest BCUT2D eigenvalue weighted by Gasteiger charge is -2.07. The molecule has 0 saturated carbocycles. The Kier molecular flexibility index (Phi) is 3.68. The van der Waals surface area contributed by atoms with Crippen LogP contribution in [0.2, 0.25) is 0 Å². The number of hydrogen-bond donors (Lipinski definition) is 2. The van der Waals surface area contributed by atoms with Gasteiger partial charge in [-0.3, -0.25) is 4.79 Å². The fourth-order valence-electron chi connectivity index (χ4n) is 1.84. The molecule has 1 aromatic carbocycles. The van der Waals surface area contributed by atoms with Gasteiger partial charge in [0.2, 0.25) is 5.88 Å². The molecule has 0 fully saturated rings. The molecule has 2 heterocycles. The highest BCUT2D eigenvalue weighted by molar-refractivity contribution is 6.04. The predicted molar refractivity (Wildman–Crippen MR) is 79.9 cm³/mol. The number of anilines is 1. The molecule has 23 heavy (non-hydrogen) atoms. The zero-order valence-electron chi connectivity index (χ0n) is 11.7. The Labute approximate surface area is 130 Å². The number of carbonyl (C=O) groups excluding carboxylic acids is 1. The summed E-state index contributed by atoms with van der Waals surface area (Å²) >= 11 is 0. The first-order chi connectivity index (χ1) is 11.2. The Balaban J connectivity index is 1.79. The number of hydrogen-bond acceptors (Lipinski definition) is 6. The summed E-state index contributed by atoms with van der Waals surface area (Å²) in [4.78, 5) is 20.0. The van der Waals surface area contributed by atoms with Crippen LogP contribution in [0.15, 0.2) is 48.9 Å². The van der Waals surface area contributed by atoms with Crippen molar-refractivity contribution in [3.05, 3.63) is 60.0 Å². The van der Waals surface area contributed by atoms with Crippen molar-refractivity contribution in [2.75, 3.05) is 5.32 Å². The molecule has 0 saturated heterocycles. The van der Waals surface area contributed by atoms with Gasteiger partial charge in [0.05, 0.1) is 17.8 Å². The molecule has 0 aliphatic heterocycles. The van der Waals surface area contributed by atoms with E-state index >= 15 is 0 Å². The van der Waals surface area contributed by atoms with E-state index in [1.54, 1.807) is 18.5 Å². The van der Waals surface area contributed by atoms with E-state index in [-0.39, 0.29) is 17.5 Å². The Morgan fingerprint density at radius 1 is 1.30 bits per heavy atom. The number of amides is 1. The molecule has 3 rings (SSSR count). The number of carbonyl (C=O) groups is 1. The summed E-state index contributed by atoms with van der Waals surface area (Å²) in [6.07, 6.45) is 4.48. The van der Waals surface area contributed by atoms with Gasteiger partial charge in [0.15, 0.2) is 0 Å². The average Bonchev–Trinajstić information content (AvgIpc) is 3.11. The number of nitriles is 1. The molecule has 2 N–H and O–H groups in total. The minimum Gasteiger partial charge on any atom is -0.492 e. The molecule has 8 heteroatoms. The molecular weight excluding hydrogens is 296 g/mol. The van der Waals surface area contributed by atoms with E-state index in [2.05, 4.69) is 20.4 Å². The lowest BCUT2D eigenvalue weighted by Crippen LogP contribution is -2.13. The third-order valence-electron chi connectivity index (χ3n) is 2.99. The van der Waals surface area contributed by atoms with Gasteiger partial charge in [-0.1, -0.05) is 0 Å². The van der Waals surface area contributed by atoms with Gasteiger partial charge in [-0.05, 0) is 30.3 Å². The third kappa shape index (κ3) is 2.98. The Bertz CT molecular complexity index is 881. The van der Waals surface area contributed by atoms with Crippen molar-refractivity contribution in [3.63, 3.8) is 0 Å². The number of aromatic nitrogens is 4. The minimum atomic E-state index is -0.444. The highest BCUT2D eigenvalue weighted by Crippen LogP contribution is 2.20. The van der Waals surface area contributed by atoms with Crippen molar-refractivity contribution in [3.8, 4) is 17.9 Å². The molecule has 2 aromatic heterocycles. The summed E-state index contributed by atoms with van der Waals surface area (Å²) in [6, 6.07) is 9.77. The van der Waals surface area contributed by atoms with Crippen molar-refractivity contribution >= 4 is 11.6 Å². The van der Waals surface area contributed by atoms with Gasteiger partial charge in [-0.25, -0.2) is 9.67 Å². The Morgan fingerprint density at radius 2 is 2.09 bits per heavy atom. The van der Waals surface area contributed by atoms with Gasteiger partial charge in [0.25, 0.3) is 11.9 Å². The summed E-state index contributed by atoms with van der Waals surface area (Å²) in [5.74, 6) is -0.628. The number of aromatic hydroxyl groups is 1. The smallest absolute Gasteiger partial charge is 0.255 e. The van der Waals surface area contributed by atoms with Crippen LogP contribution < -0.4 is 5.32 Å². The lowest BCUT2D eigenvalue weighted by atomic mass is 10.1. The number of benzene rings is 1. The Hall–Kier alpha value is -3.73. The van der Waals surface area contributed by atoms with Crippen LogP contribution in [0.25, 0.3) is 5.95 Å². The molecule has 0 radical (unpaired) electrons. The average molecular weight is 306 g/mol. The maximum atomic E-state index is 12.1. The van der Waals surface area contributed by atoms with Crippen LogP contribution in [0.4, 0.5) is 5.69 Å². The molecule has 0 aliphatic carbocycles. The quantitative estimate of drug-likeness (QED) is 0.757. The molecule has 0 unspecified atom stereocenters. The second-order valence-corrected chi connectivity index (χ2v) is 4.50. The van der Waals surface area contributed by atoms with Crippen LogP contribution in [-0.4, -0.2) is 30.8 Å². The second-order valence-electron chi connectivity index (χ2n) is 4.50. The van der Waals surface area contributed by atoms with Gasteiger partial charge in [-0.2, -0.15) is 15.3 Å². The van der Waals surface area contributed by atoms with Crippen LogP contribution in [0.3, 0.4) is 0 Å². The highest BCUT2D eigenvalue weighted by atomic mass is 16.3. The number of nitrogens with one attached hydrogen (secondary N) is 1. The van der Waals surface area contributed by atoms with Crippen LogP contribution in [0.5, 0.6) is 5.88 Å². The monoisotopic (exact) mass is 306 g/mol. The SMILES string of the molecule is N#Cc1ccc(C(=O)Nc2cnc(-n3cccn3)nc2O)cc1. The predicted octanol–water partition coefficient (Wildman–Crippen LogP) is 1.49. The van der Waals surface area contributed by atoms with Crippen molar-refractivity contribution in [2.45, 2.75) is 0 Å². The highest BCUT2D eigenvalue weighted by Gasteiger charge is 2.12. The molecular formula is C15H10N6O2. The van der Waals surface area contributed by atoms with E-state index < -0.39 is 5.91 Å². The van der Waals surface area contributed by atoms with Crippen molar-refractivity contribution < 1.29 is 9.90 Å². The summed E-state index contributed by atoms with van der Waals surface area (Å²) in [5.41, 5.74) is 0.881. The van der Waals surface area contributed by atoms with Crippen molar-refractivity contribution in [1.29, 1.82) is 5.26 Å². The van der Waals surface area contributed by atoms with Gasteiger partial charge >= 0.3 is 0 Å². The maximum absolute atomic E-state index is 12.1. The van der Waals surface area contributed by atoms with E-state index in [0.717, 1.165) is 0 Å². The minimum absolute atomic E-state index is 0.0789. The van der Waals surface area contributed by atoms with E-state index in [0.29, 0.717) is 11.1 Å². The molecule has 1 amide bonds. The largest absolute Gasteiger partial charge is 0.492 e. The van der Waals surface area contributed by atoms with Crippen molar-refractivity contribution in [2.24, 2.45) is 0 Å². The fraction of sp³-hybridized carbons (Fsp3) is 0. The molecule has 0 spiro atoms. The standard InChI is InChI=1S/C15H10N6O2/c16-8-10-2-4-11(5-3-10)13(22)19-12-9-17-15(20-14(12)23)21-7-1-6-18-21/h1-7,9H,(H,19,22)(H,17,20,23). The molecule has 0 atom stereocenters. The maximum Gasteiger partial charge on any atom is 0.255 e. The van der Waals surface area contributed by atoms with Gasteiger partial charge in [-0.15, -0.1) is 0 Å². The zero-order valence-corrected chi connectivity index (χ0v) is 11.7.